The summed E-state index contributed by atoms with van der Waals surface area (Å²) in [5.41, 5.74) is 0.508. The zero-order valence-corrected chi connectivity index (χ0v) is 8.00. The Balaban J connectivity index is 0. The van der Waals surface area contributed by atoms with Crippen molar-refractivity contribution in [2.24, 2.45) is 0 Å². The van der Waals surface area contributed by atoms with E-state index in [1.807, 2.05) is 13.8 Å². The van der Waals surface area contributed by atoms with Crippen LogP contribution in [0.5, 0.6) is 0 Å². The molecule has 0 rings (SSSR count). The van der Waals surface area contributed by atoms with Crippen molar-refractivity contribution in [3.05, 3.63) is 35.7 Å². The molecular weight excluding hydrogens is 163 g/mol. The van der Waals surface area contributed by atoms with Gasteiger partial charge in [-0.25, -0.2) is 4.39 Å². The number of hydrogen-bond donors (Lipinski definition) is 0. The summed E-state index contributed by atoms with van der Waals surface area (Å²) >= 11 is 5.40. The van der Waals surface area contributed by atoms with E-state index in [1.165, 1.54) is 0 Å². The van der Waals surface area contributed by atoms with Crippen LogP contribution >= 0.6 is 11.6 Å². The van der Waals surface area contributed by atoms with Gasteiger partial charge in [0.05, 0.1) is 5.03 Å². The Labute approximate surface area is 73.1 Å². The lowest BCUT2D eigenvalue weighted by Crippen LogP contribution is -1.75. The second-order valence-electron chi connectivity index (χ2n) is 1.65. The van der Waals surface area contributed by atoms with Gasteiger partial charge in [-0.3, -0.25) is 0 Å². The van der Waals surface area contributed by atoms with Crippen molar-refractivity contribution in [2.45, 2.75) is 20.8 Å². The summed E-state index contributed by atoms with van der Waals surface area (Å²) in [6.07, 6.45) is 1.05. The minimum atomic E-state index is -0.524. The van der Waals surface area contributed by atoms with Crippen LogP contribution in [0.15, 0.2) is 35.7 Å². The highest BCUT2D eigenvalue weighted by Gasteiger charge is 1.98. The molecule has 0 aromatic rings. The molecule has 0 aliphatic heterocycles. The summed E-state index contributed by atoms with van der Waals surface area (Å²) in [6, 6.07) is 0. The second-order valence-corrected chi connectivity index (χ2v) is 2.02. The lowest BCUT2D eigenvalue weighted by atomic mass is 10.3. The Hall–Kier alpha value is -0.560. The molecule has 0 atom stereocenters. The van der Waals surface area contributed by atoms with E-state index >= 15 is 0 Å². The van der Waals surface area contributed by atoms with E-state index in [-0.39, 0.29) is 5.03 Å². The van der Waals surface area contributed by atoms with Crippen molar-refractivity contribution >= 4 is 11.6 Å². The van der Waals surface area contributed by atoms with Crippen LogP contribution in [0.3, 0.4) is 0 Å². The lowest BCUT2D eigenvalue weighted by Gasteiger charge is -1.93. The van der Waals surface area contributed by atoms with Gasteiger partial charge in [-0.15, -0.1) is 0 Å². The average Bonchev–Trinajstić information content (AvgIpc) is 2.05. The zero-order chi connectivity index (χ0) is 9.44. The second kappa shape index (κ2) is 7.55. The van der Waals surface area contributed by atoms with Gasteiger partial charge in [0.1, 0.15) is 5.83 Å². The van der Waals surface area contributed by atoms with Gasteiger partial charge in [-0.05, 0) is 18.6 Å². The van der Waals surface area contributed by atoms with Crippen molar-refractivity contribution in [3.63, 3.8) is 0 Å². The van der Waals surface area contributed by atoms with Crippen LogP contribution in [0.25, 0.3) is 0 Å². The minimum absolute atomic E-state index is 0.0463. The number of rotatable bonds is 2. The molecule has 64 valence electrons. The summed E-state index contributed by atoms with van der Waals surface area (Å²) in [6.45, 7) is 12.3. The number of halogens is 2. The predicted octanol–water partition coefficient (Wildman–Crippen LogP) is 4.19. The molecule has 0 saturated heterocycles. The van der Waals surface area contributed by atoms with Crippen LogP contribution < -0.4 is 0 Å². The van der Waals surface area contributed by atoms with Gasteiger partial charge in [0.15, 0.2) is 0 Å². The molecule has 0 heterocycles. The molecule has 0 aliphatic rings. The van der Waals surface area contributed by atoms with E-state index in [2.05, 4.69) is 13.2 Å². The maximum atomic E-state index is 12.3. The molecule has 2 heteroatoms. The highest BCUT2D eigenvalue weighted by atomic mass is 35.5. The fourth-order valence-corrected chi connectivity index (χ4v) is 0.371. The molecule has 0 saturated carbocycles. The van der Waals surface area contributed by atoms with E-state index in [4.69, 9.17) is 11.6 Å². The van der Waals surface area contributed by atoms with Crippen LogP contribution in [0.1, 0.15) is 20.8 Å². The topological polar surface area (TPSA) is 0 Å². The van der Waals surface area contributed by atoms with Crippen molar-refractivity contribution in [1.82, 2.24) is 0 Å². The first-order chi connectivity index (χ1) is 5.09. The van der Waals surface area contributed by atoms with Crippen molar-refractivity contribution in [3.8, 4) is 0 Å². The van der Waals surface area contributed by atoms with Crippen LogP contribution in [-0.2, 0) is 0 Å². The molecule has 0 bridgehead atoms. The monoisotopic (exact) mass is 176 g/mol. The molecule has 11 heavy (non-hydrogen) atoms. The third-order valence-corrected chi connectivity index (χ3v) is 1.27. The molecule has 0 nitrogen and oxygen atoms in total. The first-order valence-electron chi connectivity index (χ1n) is 3.43. The Morgan fingerprint density at radius 1 is 1.45 bits per heavy atom. The van der Waals surface area contributed by atoms with E-state index < -0.39 is 5.83 Å². The van der Waals surface area contributed by atoms with E-state index in [9.17, 15) is 4.39 Å². The SMILES string of the molecule is C=C/C(F)=C(/Cl)C(=C)C.CC. The fraction of sp³-hybridized carbons (Fsp3) is 0.333. The molecule has 0 aromatic carbocycles. The predicted molar refractivity (Wildman–Crippen MR) is 50.3 cm³/mol. The smallest absolute Gasteiger partial charge is 0.141 e. The van der Waals surface area contributed by atoms with Gasteiger partial charge in [-0.1, -0.05) is 38.6 Å². The molecule has 0 unspecified atom stereocenters. The van der Waals surface area contributed by atoms with Crippen molar-refractivity contribution in [1.29, 1.82) is 0 Å². The molecule has 0 N–H and O–H groups in total. The van der Waals surface area contributed by atoms with Crippen LogP contribution in [-0.4, -0.2) is 0 Å². The quantitative estimate of drug-likeness (QED) is 0.554. The van der Waals surface area contributed by atoms with E-state index in [0.29, 0.717) is 5.57 Å². The molecule has 0 aliphatic carbocycles. The van der Waals surface area contributed by atoms with Crippen molar-refractivity contribution < 1.29 is 4.39 Å². The maximum Gasteiger partial charge on any atom is 0.141 e. The van der Waals surface area contributed by atoms with Gasteiger partial charge in [0.2, 0.25) is 0 Å². The summed E-state index contributed by atoms with van der Waals surface area (Å²) in [4.78, 5) is 0. The lowest BCUT2D eigenvalue weighted by molar-refractivity contribution is 0.664. The van der Waals surface area contributed by atoms with Crippen LogP contribution in [0.2, 0.25) is 0 Å². The normalized spacial score (nSPS) is 10.6. The molecular formula is C9H14ClF. The Bertz CT molecular complexity index is 168. The van der Waals surface area contributed by atoms with E-state index in [0.717, 1.165) is 6.08 Å². The Kier molecular flexibility index (Phi) is 8.96. The van der Waals surface area contributed by atoms with E-state index in [1.54, 1.807) is 6.92 Å². The molecule has 0 amide bonds. The largest absolute Gasteiger partial charge is 0.205 e. The van der Waals surface area contributed by atoms with Gasteiger partial charge >= 0.3 is 0 Å². The Morgan fingerprint density at radius 3 is 1.91 bits per heavy atom. The van der Waals surface area contributed by atoms with Gasteiger partial charge in [-0.2, -0.15) is 0 Å². The zero-order valence-electron chi connectivity index (χ0n) is 7.25. The number of allylic oxidation sites excluding steroid dienone is 4. The van der Waals surface area contributed by atoms with Gasteiger partial charge < -0.3 is 0 Å². The Morgan fingerprint density at radius 2 is 1.82 bits per heavy atom. The summed E-state index contributed by atoms with van der Waals surface area (Å²) in [5, 5.41) is 0.0463. The first-order valence-corrected chi connectivity index (χ1v) is 3.81. The average molecular weight is 177 g/mol. The first kappa shape index (κ1) is 13.1. The van der Waals surface area contributed by atoms with Crippen LogP contribution in [0, 0.1) is 0 Å². The minimum Gasteiger partial charge on any atom is -0.205 e. The molecule has 0 spiro atoms. The van der Waals surface area contributed by atoms with Crippen molar-refractivity contribution in [2.75, 3.05) is 0 Å². The fourth-order valence-electron chi connectivity index (χ4n) is 0.293. The van der Waals surface area contributed by atoms with Crippen LogP contribution in [0.4, 0.5) is 4.39 Å². The highest BCUT2D eigenvalue weighted by molar-refractivity contribution is 6.32. The third kappa shape index (κ3) is 5.86. The number of hydrogen-bond acceptors (Lipinski definition) is 0. The highest BCUT2D eigenvalue weighted by Crippen LogP contribution is 2.18. The maximum absolute atomic E-state index is 12.3. The molecule has 0 fully saturated rings. The standard InChI is InChI=1S/C7H8ClF.C2H6/c1-4-6(9)7(8)5(2)3;1-2/h4H,1-2H2,3H3;1-2H3/b7-6-;. The summed E-state index contributed by atoms with van der Waals surface area (Å²) < 4.78 is 12.3. The molecule has 0 radical (unpaired) electrons. The van der Waals surface area contributed by atoms with Gasteiger partial charge in [0, 0.05) is 0 Å². The third-order valence-electron chi connectivity index (χ3n) is 0.764. The summed E-state index contributed by atoms with van der Waals surface area (Å²) in [5.74, 6) is -0.524. The van der Waals surface area contributed by atoms with Gasteiger partial charge in [0.25, 0.3) is 0 Å². The molecule has 0 aromatic heterocycles. The summed E-state index contributed by atoms with van der Waals surface area (Å²) in [7, 11) is 0.